The molecule has 2 N–H and O–H groups in total. The van der Waals surface area contributed by atoms with Crippen LogP contribution >= 0.6 is 11.9 Å². The van der Waals surface area contributed by atoms with E-state index in [1.165, 1.54) is 0 Å². The molecule has 2 aromatic carbocycles. The molecule has 0 aliphatic carbocycles. The molecule has 0 heterocycles. The summed E-state index contributed by atoms with van der Waals surface area (Å²) in [6.45, 7) is 0.378. The van der Waals surface area contributed by atoms with Gasteiger partial charge in [-0.05, 0) is 68.5 Å². The molecule has 0 unspecified atom stereocenters. The third-order valence-corrected chi connectivity index (χ3v) is 4.04. The first-order valence-corrected chi connectivity index (χ1v) is 8.35. The minimum atomic E-state index is -0.989. The van der Waals surface area contributed by atoms with E-state index in [0.29, 0.717) is 5.75 Å². The van der Waals surface area contributed by atoms with Crippen LogP contribution in [0.1, 0.15) is 5.56 Å². The van der Waals surface area contributed by atoms with Crippen LogP contribution in [0.15, 0.2) is 47.4 Å². The van der Waals surface area contributed by atoms with Crippen molar-refractivity contribution >= 4 is 17.9 Å². The molecular weight excluding hydrogens is 324 g/mol. The van der Waals surface area contributed by atoms with Crippen molar-refractivity contribution in [2.24, 2.45) is 0 Å². The number of hydrogen-bond donors (Lipinski definition) is 2. The lowest BCUT2D eigenvalue weighted by atomic mass is 10.0. The lowest BCUT2D eigenvalue weighted by molar-refractivity contribution is -0.139. The Morgan fingerprint density at radius 1 is 1.25 bits per heavy atom. The van der Waals surface area contributed by atoms with Crippen molar-refractivity contribution in [2.75, 3.05) is 27.7 Å². The topological polar surface area (TPSA) is 61.8 Å². The maximum atomic E-state index is 10.8. The van der Waals surface area contributed by atoms with Crippen LogP contribution in [0.4, 0.5) is 0 Å². The molecule has 6 heteroatoms. The lowest BCUT2D eigenvalue weighted by Crippen LogP contribution is -2.10. The van der Waals surface area contributed by atoms with Crippen molar-refractivity contribution in [2.45, 2.75) is 11.4 Å². The van der Waals surface area contributed by atoms with Crippen LogP contribution in [0.5, 0.6) is 5.75 Å². The first kappa shape index (κ1) is 18.3. The van der Waals surface area contributed by atoms with Gasteiger partial charge in [0.2, 0.25) is 0 Å². The molecule has 0 spiro atoms. The van der Waals surface area contributed by atoms with Crippen LogP contribution < -0.4 is 10.1 Å². The number of hydrogen-bond acceptors (Lipinski definition) is 5. The van der Waals surface area contributed by atoms with Gasteiger partial charge in [-0.15, -0.1) is 0 Å². The van der Waals surface area contributed by atoms with E-state index in [1.54, 1.807) is 11.9 Å². The third-order valence-electron chi connectivity index (χ3n) is 3.21. The third kappa shape index (κ3) is 5.26. The van der Waals surface area contributed by atoms with E-state index in [0.717, 1.165) is 28.1 Å². The molecule has 0 aromatic heterocycles. The minimum Gasteiger partial charge on any atom is -0.481 e. The summed E-state index contributed by atoms with van der Waals surface area (Å²) < 4.78 is 7.50. The number of nitrogens with one attached hydrogen (secondary N) is 1. The van der Waals surface area contributed by atoms with Gasteiger partial charge in [-0.25, -0.2) is 4.79 Å². The van der Waals surface area contributed by atoms with Gasteiger partial charge >= 0.3 is 5.97 Å². The monoisotopic (exact) mass is 346 g/mol. The molecule has 5 nitrogen and oxygen atoms in total. The molecule has 2 rings (SSSR count). The normalized spacial score (nSPS) is 10.8. The van der Waals surface area contributed by atoms with Crippen molar-refractivity contribution in [3.8, 4) is 16.9 Å². The summed E-state index contributed by atoms with van der Waals surface area (Å²) in [6, 6.07) is 13.9. The van der Waals surface area contributed by atoms with Gasteiger partial charge in [0.25, 0.3) is 0 Å². The average Bonchev–Trinajstić information content (AvgIpc) is 2.53. The second-order valence-electron chi connectivity index (χ2n) is 5.47. The molecule has 0 saturated carbocycles. The Morgan fingerprint density at radius 2 is 2.04 bits per heavy atom. The van der Waals surface area contributed by atoms with Gasteiger partial charge in [-0.3, -0.25) is 4.31 Å². The Hall–Kier alpha value is -2.02. The fraction of sp³-hybridized carbons (Fsp3) is 0.278. The first-order valence-electron chi connectivity index (χ1n) is 7.57. The predicted molar refractivity (Wildman–Crippen MR) is 97.3 cm³/mol. The van der Waals surface area contributed by atoms with Crippen LogP contribution in [0.2, 0.25) is 0 Å². The van der Waals surface area contributed by atoms with Gasteiger partial charge in [-0.2, -0.15) is 0 Å². The summed E-state index contributed by atoms with van der Waals surface area (Å²) in [5, 5.41) is 12.0. The molecule has 0 bridgehead atoms. The Balaban J connectivity index is 2.40. The van der Waals surface area contributed by atoms with Crippen molar-refractivity contribution in [3.63, 3.8) is 0 Å². The number of carbonyl (C=O) groups is 1. The largest absolute Gasteiger partial charge is 0.481 e. The Morgan fingerprint density at radius 3 is 2.71 bits per heavy atom. The molecule has 0 aliphatic rings. The fourth-order valence-electron chi connectivity index (χ4n) is 2.31. The second-order valence-corrected chi connectivity index (χ2v) is 6.86. The van der Waals surface area contributed by atoms with Crippen molar-refractivity contribution in [1.29, 1.82) is 0 Å². The first-order chi connectivity index (χ1) is 11.5. The zero-order valence-electron chi connectivity index (χ0n) is 14.1. The van der Waals surface area contributed by atoms with E-state index >= 15 is 0 Å². The maximum absolute atomic E-state index is 10.8. The van der Waals surface area contributed by atoms with E-state index in [-0.39, 0.29) is 6.61 Å². The SMILES string of the molecule is CNCc1ccc(OCC(=O)O)c(-c2cccc(SN(C)C)c2)c1. The molecule has 0 fully saturated rings. The molecule has 2 aromatic rings. The Bertz CT molecular complexity index is 704. The molecule has 0 atom stereocenters. The highest BCUT2D eigenvalue weighted by atomic mass is 32.2. The number of aliphatic carboxylic acids is 1. The van der Waals surface area contributed by atoms with Crippen LogP contribution in [0.25, 0.3) is 11.1 Å². The van der Waals surface area contributed by atoms with Crippen LogP contribution in [-0.2, 0) is 11.3 Å². The smallest absolute Gasteiger partial charge is 0.341 e. The summed E-state index contributed by atoms with van der Waals surface area (Å²) in [4.78, 5) is 11.9. The summed E-state index contributed by atoms with van der Waals surface area (Å²) >= 11 is 1.63. The predicted octanol–water partition coefficient (Wildman–Crippen LogP) is 3.11. The van der Waals surface area contributed by atoms with Gasteiger partial charge in [-0.1, -0.05) is 18.2 Å². The molecule has 0 amide bonds. The van der Waals surface area contributed by atoms with Crippen molar-refractivity contribution in [1.82, 2.24) is 9.62 Å². The zero-order chi connectivity index (χ0) is 17.5. The summed E-state index contributed by atoms with van der Waals surface area (Å²) in [5.74, 6) is -0.415. The quantitative estimate of drug-likeness (QED) is 0.716. The van der Waals surface area contributed by atoms with E-state index in [4.69, 9.17) is 9.84 Å². The van der Waals surface area contributed by atoms with Crippen LogP contribution in [0.3, 0.4) is 0 Å². The lowest BCUT2D eigenvalue weighted by Gasteiger charge is -2.14. The summed E-state index contributed by atoms with van der Waals surface area (Å²) in [7, 11) is 5.88. The minimum absolute atomic E-state index is 0.357. The number of carboxylic acids is 1. The molecule has 0 aliphatic heterocycles. The molecule has 24 heavy (non-hydrogen) atoms. The highest BCUT2D eigenvalue weighted by Gasteiger charge is 2.11. The van der Waals surface area contributed by atoms with E-state index in [9.17, 15) is 4.79 Å². The summed E-state index contributed by atoms with van der Waals surface area (Å²) in [5.41, 5.74) is 3.01. The number of rotatable bonds is 8. The van der Waals surface area contributed by atoms with Gasteiger partial charge in [0.15, 0.2) is 6.61 Å². The Labute approximate surface area is 146 Å². The van der Waals surface area contributed by atoms with Gasteiger partial charge < -0.3 is 15.2 Å². The second kappa shape index (κ2) is 8.73. The Kier molecular flexibility index (Phi) is 6.66. The maximum Gasteiger partial charge on any atom is 0.341 e. The van der Waals surface area contributed by atoms with Gasteiger partial charge in [0.1, 0.15) is 5.75 Å². The standard InChI is InChI=1S/C18H22N2O3S/c1-19-11-13-7-8-17(23-12-18(21)22)16(9-13)14-5-4-6-15(10-14)24-20(2)3/h4-10,19H,11-12H2,1-3H3,(H,21,22). The number of carboxylic acid groups (broad SMARTS) is 1. The highest BCUT2D eigenvalue weighted by molar-refractivity contribution is 7.97. The molecule has 0 radical (unpaired) electrons. The molecule has 128 valence electrons. The highest BCUT2D eigenvalue weighted by Crippen LogP contribution is 2.33. The average molecular weight is 346 g/mol. The number of ether oxygens (including phenoxy) is 1. The zero-order valence-corrected chi connectivity index (χ0v) is 14.9. The van der Waals surface area contributed by atoms with Gasteiger partial charge in [0, 0.05) is 17.0 Å². The number of nitrogens with zero attached hydrogens (tertiary/aromatic N) is 1. The van der Waals surface area contributed by atoms with E-state index in [2.05, 4.69) is 11.4 Å². The van der Waals surface area contributed by atoms with Crippen molar-refractivity contribution < 1.29 is 14.6 Å². The van der Waals surface area contributed by atoms with Crippen LogP contribution in [-0.4, -0.2) is 43.1 Å². The fourth-order valence-corrected chi connectivity index (χ4v) is 3.05. The molecule has 0 saturated heterocycles. The van der Waals surface area contributed by atoms with E-state index < -0.39 is 5.97 Å². The molecular formula is C18H22N2O3S. The van der Waals surface area contributed by atoms with E-state index in [1.807, 2.05) is 61.8 Å². The van der Waals surface area contributed by atoms with Gasteiger partial charge in [0.05, 0.1) is 0 Å². The van der Waals surface area contributed by atoms with Crippen LogP contribution in [0, 0.1) is 0 Å². The van der Waals surface area contributed by atoms with Crippen molar-refractivity contribution in [3.05, 3.63) is 48.0 Å². The summed E-state index contributed by atoms with van der Waals surface area (Å²) in [6.07, 6.45) is 0. The number of benzene rings is 2.